The van der Waals surface area contributed by atoms with Crippen molar-refractivity contribution in [3.05, 3.63) is 32.8 Å². The summed E-state index contributed by atoms with van der Waals surface area (Å²) in [6, 6.07) is 4.70. The minimum atomic E-state index is -0.465. The maximum atomic E-state index is 10.9. The molecule has 0 unspecified atom stereocenters. The summed E-state index contributed by atoms with van der Waals surface area (Å²) in [7, 11) is 0. The van der Waals surface area contributed by atoms with E-state index >= 15 is 0 Å². The van der Waals surface area contributed by atoms with Gasteiger partial charge in [0.2, 0.25) is 0 Å². The molecule has 1 aromatic carbocycles. The first-order valence-corrected chi connectivity index (χ1v) is 6.76. The highest BCUT2D eigenvalue weighted by Gasteiger charge is 2.17. The van der Waals surface area contributed by atoms with Crippen LogP contribution in [-0.4, -0.2) is 31.0 Å². The molecule has 0 atom stereocenters. The van der Waals surface area contributed by atoms with Gasteiger partial charge in [0.25, 0.3) is 0 Å². The van der Waals surface area contributed by atoms with Crippen LogP contribution in [0.25, 0.3) is 0 Å². The Hall–Kier alpha value is -1.18. The Morgan fingerprint density at radius 1 is 1.42 bits per heavy atom. The van der Waals surface area contributed by atoms with Crippen LogP contribution in [0.5, 0.6) is 5.75 Å². The summed E-state index contributed by atoms with van der Waals surface area (Å²) in [5.74, 6) is 0.254. The quantitative estimate of drug-likeness (QED) is 0.612. The van der Waals surface area contributed by atoms with Crippen molar-refractivity contribution in [2.45, 2.75) is 19.1 Å². The van der Waals surface area contributed by atoms with E-state index in [1.165, 1.54) is 6.07 Å². The lowest BCUT2D eigenvalue weighted by molar-refractivity contribution is -0.386. The van der Waals surface area contributed by atoms with Crippen molar-refractivity contribution in [3.63, 3.8) is 0 Å². The van der Waals surface area contributed by atoms with E-state index in [4.69, 9.17) is 14.2 Å². The van der Waals surface area contributed by atoms with Gasteiger partial charge in [0.15, 0.2) is 12.0 Å². The monoisotopic (exact) mass is 331 g/mol. The Morgan fingerprint density at radius 3 is 2.84 bits per heavy atom. The number of hydrogen-bond acceptors (Lipinski definition) is 5. The van der Waals surface area contributed by atoms with E-state index in [-0.39, 0.29) is 17.7 Å². The Labute approximate surface area is 118 Å². The van der Waals surface area contributed by atoms with Crippen LogP contribution in [0.2, 0.25) is 0 Å². The van der Waals surface area contributed by atoms with E-state index in [0.717, 1.165) is 6.42 Å². The molecule has 0 N–H and O–H groups in total. The Bertz CT molecular complexity index is 448. The van der Waals surface area contributed by atoms with E-state index in [1.54, 1.807) is 12.1 Å². The lowest BCUT2D eigenvalue weighted by Gasteiger charge is -2.22. The Kier molecular flexibility index (Phi) is 5.12. The average Bonchev–Trinajstić information content (AvgIpc) is 2.41. The largest absolute Gasteiger partial charge is 0.487 e. The van der Waals surface area contributed by atoms with Crippen molar-refractivity contribution >= 4 is 21.6 Å². The lowest BCUT2D eigenvalue weighted by atomic mass is 10.3. The normalized spacial score (nSPS) is 16.3. The molecule has 1 aliphatic heterocycles. The first-order valence-electron chi connectivity index (χ1n) is 5.97. The molecule has 0 bridgehead atoms. The second-order valence-corrected chi connectivity index (χ2v) is 4.95. The SMILES string of the molecule is O=[N+]([O-])c1cc(Br)ccc1OCCC1OCCCO1. The molecule has 0 amide bonds. The van der Waals surface area contributed by atoms with Gasteiger partial charge in [0.05, 0.1) is 24.7 Å². The van der Waals surface area contributed by atoms with Gasteiger partial charge in [-0.3, -0.25) is 10.1 Å². The molecular weight excluding hydrogens is 318 g/mol. The molecule has 0 saturated carbocycles. The highest BCUT2D eigenvalue weighted by Crippen LogP contribution is 2.30. The predicted octanol–water partition coefficient (Wildman–Crippen LogP) is 2.89. The molecule has 19 heavy (non-hydrogen) atoms. The number of hydrogen-bond donors (Lipinski definition) is 0. The zero-order chi connectivity index (χ0) is 13.7. The topological polar surface area (TPSA) is 70.8 Å². The number of nitro groups is 1. The number of ether oxygens (including phenoxy) is 3. The third-order valence-electron chi connectivity index (χ3n) is 2.62. The van der Waals surface area contributed by atoms with Crippen molar-refractivity contribution in [2.75, 3.05) is 19.8 Å². The number of rotatable bonds is 5. The van der Waals surface area contributed by atoms with Crippen LogP contribution in [0, 0.1) is 10.1 Å². The van der Waals surface area contributed by atoms with Gasteiger partial charge in [-0.25, -0.2) is 0 Å². The molecule has 1 aromatic rings. The number of nitro benzene ring substituents is 1. The van der Waals surface area contributed by atoms with Crippen molar-refractivity contribution in [1.29, 1.82) is 0 Å². The lowest BCUT2D eigenvalue weighted by Crippen LogP contribution is -2.26. The molecule has 0 spiro atoms. The first kappa shape index (κ1) is 14.2. The van der Waals surface area contributed by atoms with Gasteiger partial charge >= 0.3 is 5.69 Å². The third-order valence-corrected chi connectivity index (χ3v) is 3.12. The maximum Gasteiger partial charge on any atom is 0.312 e. The van der Waals surface area contributed by atoms with Gasteiger partial charge in [-0.15, -0.1) is 0 Å². The molecule has 0 radical (unpaired) electrons. The van der Waals surface area contributed by atoms with Gasteiger partial charge in [0, 0.05) is 17.0 Å². The summed E-state index contributed by atoms with van der Waals surface area (Å²) >= 11 is 3.20. The van der Waals surface area contributed by atoms with E-state index in [9.17, 15) is 10.1 Å². The number of nitrogens with zero attached hydrogens (tertiary/aromatic N) is 1. The van der Waals surface area contributed by atoms with E-state index in [0.29, 0.717) is 30.7 Å². The molecule has 1 saturated heterocycles. The zero-order valence-corrected chi connectivity index (χ0v) is 11.8. The predicted molar refractivity (Wildman–Crippen MR) is 71.2 cm³/mol. The molecule has 1 heterocycles. The molecular formula is C12H14BrNO5. The average molecular weight is 332 g/mol. The molecule has 2 rings (SSSR count). The van der Waals surface area contributed by atoms with Crippen LogP contribution < -0.4 is 4.74 Å². The second kappa shape index (κ2) is 6.83. The standard InChI is InChI=1S/C12H14BrNO5/c13-9-2-3-11(10(8-9)14(15)16)17-7-4-12-18-5-1-6-19-12/h2-3,8,12H,1,4-7H2. The van der Waals surface area contributed by atoms with Crippen molar-refractivity contribution in [1.82, 2.24) is 0 Å². The third kappa shape index (κ3) is 4.15. The fraction of sp³-hybridized carbons (Fsp3) is 0.500. The molecule has 6 nitrogen and oxygen atoms in total. The van der Waals surface area contributed by atoms with Crippen LogP contribution in [0.4, 0.5) is 5.69 Å². The fourth-order valence-corrected chi connectivity index (χ4v) is 2.07. The highest BCUT2D eigenvalue weighted by molar-refractivity contribution is 9.10. The molecule has 1 aliphatic rings. The summed E-state index contributed by atoms with van der Waals surface area (Å²) in [5, 5.41) is 10.9. The summed E-state index contributed by atoms with van der Waals surface area (Å²) in [6.45, 7) is 1.68. The van der Waals surface area contributed by atoms with Crippen LogP contribution >= 0.6 is 15.9 Å². The molecule has 0 aromatic heterocycles. The zero-order valence-electron chi connectivity index (χ0n) is 10.2. The summed E-state index contributed by atoms with van der Waals surface area (Å²) < 4.78 is 16.8. The Morgan fingerprint density at radius 2 is 2.16 bits per heavy atom. The minimum absolute atomic E-state index is 0.0557. The first-order chi connectivity index (χ1) is 9.16. The maximum absolute atomic E-state index is 10.9. The molecule has 0 aliphatic carbocycles. The Balaban J connectivity index is 1.89. The smallest absolute Gasteiger partial charge is 0.312 e. The van der Waals surface area contributed by atoms with Crippen LogP contribution in [0.15, 0.2) is 22.7 Å². The van der Waals surface area contributed by atoms with Crippen molar-refractivity contribution in [3.8, 4) is 5.75 Å². The summed E-state index contributed by atoms with van der Waals surface area (Å²) in [4.78, 5) is 10.4. The van der Waals surface area contributed by atoms with Crippen LogP contribution in [0.1, 0.15) is 12.8 Å². The summed E-state index contributed by atoms with van der Waals surface area (Å²) in [5.41, 5.74) is -0.0557. The van der Waals surface area contributed by atoms with Gasteiger partial charge in [-0.1, -0.05) is 15.9 Å². The minimum Gasteiger partial charge on any atom is -0.487 e. The van der Waals surface area contributed by atoms with Gasteiger partial charge in [-0.05, 0) is 18.6 Å². The summed E-state index contributed by atoms with van der Waals surface area (Å²) in [6.07, 6.45) is 1.17. The fourth-order valence-electron chi connectivity index (χ4n) is 1.72. The van der Waals surface area contributed by atoms with E-state index in [1.807, 2.05) is 0 Å². The molecule has 1 fully saturated rings. The van der Waals surface area contributed by atoms with E-state index < -0.39 is 4.92 Å². The molecule has 104 valence electrons. The van der Waals surface area contributed by atoms with Crippen LogP contribution in [-0.2, 0) is 9.47 Å². The van der Waals surface area contributed by atoms with Gasteiger partial charge in [0.1, 0.15) is 0 Å². The van der Waals surface area contributed by atoms with Gasteiger partial charge < -0.3 is 14.2 Å². The number of benzene rings is 1. The van der Waals surface area contributed by atoms with Crippen LogP contribution in [0.3, 0.4) is 0 Å². The van der Waals surface area contributed by atoms with Crippen molar-refractivity contribution < 1.29 is 19.1 Å². The number of halogens is 1. The van der Waals surface area contributed by atoms with Crippen molar-refractivity contribution in [2.24, 2.45) is 0 Å². The van der Waals surface area contributed by atoms with Gasteiger partial charge in [-0.2, -0.15) is 0 Å². The van der Waals surface area contributed by atoms with E-state index in [2.05, 4.69) is 15.9 Å². The molecule has 7 heteroatoms. The highest BCUT2D eigenvalue weighted by atomic mass is 79.9. The second-order valence-electron chi connectivity index (χ2n) is 4.03.